The molecule has 4 heteroatoms. The van der Waals surface area contributed by atoms with Crippen LogP contribution in [0.5, 0.6) is 0 Å². The van der Waals surface area contributed by atoms with Crippen molar-refractivity contribution in [3.8, 4) is 0 Å². The third-order valence-corrected chi connectivity index (χ3v) is 5.66. The summed E-state index contributed by atoms with van der Waals surface area (Å²) in [6.07, 6.45) is 4.10. The Balaban J connectivity index is 0.00000196. The van der Waals surface area contributed by atoms with Crippen LogP contribution in [0.1, 0.15) is 42.7 Å². The predicted octanol–water partition coefficient (Wildman–Crippen LogP) is 3.98. The summed E-state index contributed by atoms with van der Waals surface area (Å²) >= 11 is 0. The standard InChI is InChI=1S/C22H26N2O.ClH/c25-22(24-14-13-19-11-12-20(16-24)23-19)15-21(17-7-3-1-4-8-17)18-9-5-2-6-10-18;/h1-10,19-21,23H,11-16H2;1H. The first-order chi connectivity index (χ1) is 12.3. The molecule has 4 rings (SSSR count). The Morgan fingerprint density at radius 3 is 2.12 bits per heavy atom. The maximum atomic E-state index is 13.1. The van der Waals surface area contributed by atoms with Gasteiger partial charge in [-0.25, -0.2) is 0 Å². The minimum Gasteiger partial charge on any atom is -0.341 e. The number of rotatable bonds is 4. The van der Waals surface area contributed by atoms with Crippen LogP contribution in [0.2, 0.25) is 0 Å². The van der Waals surface area contributed by atoms with E-state index < -0.39 is 0 Å². The Hall–Kier alpha value is -1.84. The van der Waals surface area contributed by atoms with Gasteiger partial charge < -0.3 is 10.2 Å². The van der Waals surface area contributed by atoms with E-state index in [1.807, 2.05) is 12.1 Å². The largest absolute Gasteiger partial charge is 0.341 e. The van der Waals surface area contributed by atoms with Gasteiger partial charge in [-0.1, -0.05) is 60.7 Å². The Morgan fingerprint density at radius 1 is 0.923 bits per heavy atom. The van der Waals surface area contributed by atoms with E-state index >= 15 is 0 Å². The molecule has 2 aliphatic rings. The number of hydrogen-bond acceptors (Lipinski definition) is 2. The first kappa shape index (κ1) is 18.9. The smallest absolute Gasteiger partial charge is 0.223 e. The van der Waals surface area contributed by atoms with E-state index in [0.717, 1.165) is 19.5 Å². The zero-order valence-electron chi connectivity index (χ0n) is 15.0. The van der Waals surface area contributed by atoms with Crippen LogP contribution in [0.4, 0.5) is 0 Å². The van der Waals surface area contributed by atoms with Gasteiger partial charge in [0.05, 0.1) is 0 Å². The first-order valence-electron chi connectivity index (χ1n) is 9.43. The number of likely N-dealkylation sites (tertiary alicyclic amines) is 1. The lowest BCUT2D eigenvalue weighted by molar-refractivity contribution is -0.131. The second-order valence-corrected chi connectivity index (χ2v) is 7.34. The van der Waals surface area contributed by atoms with Gasteiger partial charge in [0, 0.05) is 37.5 Å². The average Bonchev–Trinajstić information content (AvgIpc) is 2.99. The minimum absolute atomic E-state index is 0. The zero-order chi connectivity index (χ0) is 17.1. The Morgan fingerprint density at radius 2 is 1.50 bits per heavy atom. The van der Waals surface area contributed by atoms with E-state index in [1.54, 1.807) is 0 Å². The number of carbonyl (C=O) groups is 1. The summed E-state index contributed by atoms with van der Waals surface area (Å²) in [4.78, 5) is 15.2. The Kier molecular flexibility index (Phi) is 6.33. The number of nitrogens with zero attached hydrogens (tertiary/aromatic N) is 1. The molecule has 2 aliphatic heterocycles. The van der Waals surface area contributed by atoms with Crippen molar-refractivity contribution in [2.75, 3.05) is 13.1 Å². The number of halogens is 1. The van der Waals surface area contributed by atoms with Gasteiger partial charge in [-0.2, -0.15) is 0 Å². The summed E-state index contributed by atoms with van der Waals surface area (Å²) in [5.74, 6) is 0.412. The predicted molar refractivity (Wildman–Crippen MR) is 108 cm³/mol. The third-order valence-electron chi connectivity index (χ3n) is 5.66. The minimum atomic E-state index is 0. The van der Waals surface area contributed by atoms with Crippen molar-refractivity contribution in [3.05, 3.63) is 71.8 Å². The van der Waals surface area contributed by atoms with Crippen LogP contribution < -0.4 is 5.32 Å². The summed E-state index contributed by atoms with van der Waals surface area (Å²) in [5, 5.41) is 3.66. The van der Waals surface area contributed by atoms with Crippen LogP contribution in [0, 0.1) is 0 Å². The topological polar surface area (TPSA) is 32.3 Å². The summed E-state index contributed by atoms with van der Waals surface area (Å²) in [6.45, 7) is 1.76. The lowest BCUT2D eigenvalue weighted by atomic mass is 9.88. The highest BCUT2D eigenvalue weighted by Crippen LogP contribution is 2.29. The molecule has 2 unspecified atom stereocenters. The van der Waals surface area contributed by atoms with Gasteiger partial charge in [-0.15, -0.1) is 12.4 Å². The molecule has 0 radical (unpaired) electrons. The van der Waals surface area contributed by atoms with Crippen molar-refractivity contribution < 1.29 is 4.79 Å². The number of benzene rings is 2. The van der Waals surface area contributed by atoms with Gasteiger partial charge >= 0.3 is 0 Å². The van der Waals surface area contributed by atoms with E-state index in [9.17, 15) is 4.79 Å². The van der Waals surface area contributed by atoms with Crippen molar-refractivity contribution in [2.24, 2.45) is 0 Å². The maximum Gasteiger partial charge on any atom is 0.223 e. The third kappa shape index (κ3) is 4.28. The van der Waals surface area contributed by atoms with Crippen LogP contribution in [0.15, 0.2) is 60.7 Å². The highest BCUT2D eigenvalue weighted by Gasteiger charge is 2.32. The second-order valence-electron chi connectivity index (χ2n) is 7.34. The molecule has 2 saturated heterocycles. The van der Waals surface area contributed by atoms with Crippen molar-refractivity contribution in [1.82, 2.24) is 10.2 Å². The number of hydrogen-bond donors (Lipinski definition) is 1. The molecule has 0 saturated carbocycles. The molecule has 2 heterocycles. The fourth-order valence-electron chi connectivity index (χ4n) is 4.27. The van der Waals surface area contributed by atoms with Crippen LogP contribution in [0.25, 0.3) is 0 Å². The van der Waals surface area contributed by atoms with Crippen LogP contribution in [-0.2, 0) is 4.79 Å². The van der Waals surface area contributed by atoms with Crippen LogP contribution >= 0.6 is 12.4 Å². The number of amides is 1. The van der Waals surface area contributed by atoms with Gasteiger partial charge in [-0.05, 0) is 30.4 Å². The lowest BCUT2D eigenvalue weighted by Crippen LogP contribution is -2.39. The van der Waals surface area contributed by atoms with Gasteiger partial charge in [0.2, 0.25) is 5.91 Å². The molecule has 2 aromatic rings. The highest BCUT2D eigenvalue weighted by atomic mass is 35.5. The lowest BCUT2D eigenvalue weighted by Gasteiger charge is -2.27. The van der Waals surface area contributed by atoms with E-state index in [2.05, 4.69) is 58.7 Å². The molecule has 0 spiro atoms. The molecule has 2 fully saturated rings. The molecular weight excluding hydrogens is 344 g/mol. The van der Waals surface area contributed by atoms with Gasteiger partial charge in [0.25, 0.3) is 0 Å². The van der Waals surface area contributed by atoms with Crippen molar-refractivity contribution in [3.63, 3.8) is 0 Å². The molecule has 2 bridgehead atoms. The molecule has 0 aliphatic carbocycles. The molecule has 2 atom stereocenters. The van der Waals surface area contributed by atoms with Gasteiger partial charge in [0.15, 0.2) is 0 Å². The van der Waals surface area contributed by atoms with E-state index in [1.165, 1.54) is 24.0 Å². The fourth-order valence-corrected chi connectivity index (χ4v) is 4.27. The molecule has 2 aromatic carbocycles. The van der Waals surface area contributed by atoms with Crippen molar-refractivity contribution in [1.29, 1.82) is 0 Å². The monoisotopic (exact) mass is 370 g/mol. The highest BCUT2D eigenvalue weighted by molar-refractivity contribution is 5.85. The maximum absolute atomic E-state index is 13.1. The molecule has 0 aromatic heterocycles. The summed E-state index contributed by atoms with van der Waals surface area (Å²) in [5.41, 5.74) is 2.44. The SMILES string of the molecule is Cl.O=C(CC(c1ccccc1)c1ccccc1)N1CCC2CCC(C1)N2. The molecule has 1 amide bonds. The number of carbonyl (C=O) groups excluding carboxylic acids is 1. The molecule has 1 N–H and O–H groups in total. The van der Waals surface area contributed by atoms with Crippen molar-refractivity contribution in [2.45, 2.75) is 43.7 Å². The first-order valence-corrected chi connectivity index (χ1v) is 9.43. The normalized spacial score (nSPS) is 22.0. The summed E-state index contributed by atoms with van der Waals surface area (Å²) in [7, 11) is 0. The van der Waals surface area contributed by atoms with Gasteiger partial charge in [0.1, 0.15) is 0 Å². The quantitative estimate of drug-likeness (QED) is 0.882. The zero-order valence-corrected chi connectivity index (χ0v) is 15.8. The molecular formula is C22H27ClN2O. The fraction of sp³-hybridized carbons (Fsp3) is 0.409. The molecule has 26 heavy (non-hydrogen) atoms. The number of fused-ring (bicyclic) bond motifs is 2. The van der Waals surface area contributed by atoms with Crippen LogP contribution in [-0.4, -0.2) is 36.0 Å². The summed E-state index contributed by atoms with van der Waals surface area (Å²) in [6, 6.07) is 22.0. The molecule has 3 nitrogen and oxygen atoms in total. The Bertz CT molecular complexity index is 667. The average molecular weight is 371 g/mol. The van der Waals surface area contributed by atoms with Crippen LogP contribution in [0.3, 0.4) is 0 Å². The van der Waals surface area contributed by atoms with E-state index in [4.69, 9.17) is 0 Å². The summed E-state index contributed by atoms with van der Waals surface area (Å²) < 4.78 is 0. The number of nitrogens with one attached hydrogen (secondary N) is 1. The van der Waals surface area contributed by atoms with E-state index in [0.29, 0.717) is 18.5 Å². The van der Waals surface area contributed by atoms with E-state index in [-0.39, 0.29) is 24.2 Å². The second kappa shape index (κ2) is 8.70. The Labute approximate surface area is 162 Å². The van der Waals surface area contributed by atoms with Crippen molar-refractivity contribution >= 4 is 18.3 Å². The molecule has 138 valence electrons. The van der Waals surface area contributed by atoms with Gasteiger partial charge in [-0.3, -0.25) is 4.79 Å².